The van der Waals surface area contributed by atoms with E-state index in [2.05, 4.69) is 10.2 Å². The van der Waals surface area contributed by atoms with E-state index < -0.39 is 11.9 Å². The monoisotopic (exact) mass is 317 g/mol. The molecule has 0 radical (unpaired) electrons. The van der Waals surface area contributed by atoms with E-state index >= 15 is 0 Å². The van der Waals surface area contributed by atoms with Gasteiger partial charge in [-0.2, -0.15) is 5.10 Å². The van der Waals surface area contributed by atoms with Crippen LogP contribution in [0, 0.1) is 5.92 Å². The fraction of sp³-hybridized carbons (Fsp3) is 0.312. The van der Waals surface area contributed by atoms with Gasteiger partial charge >= 0.3 is 5.97 Å². The minimum Gasteiger partial charge on any atom is -0.497 e. The number of hydrogen-bond donors (Lipinski definition) is 2. The second kappa shape index (κ2) is 6.95. The summed E-state index contributed by atoms with van der Waals surface area (Å²) in [6.45, 7) is 1.68. The maximum absolute atomic E-state index is 12.3. The number of ether oxygens (including phenoxy) is 1. The molecular formula is C16H19N3O4. The van der Waals surface area contributed by atoms with Gasteiger partial charge in [0.1, 0.15) is 11.4 Å². The average Bonchev–Trinajstić information content (AvgIpc) is 3.03. The predicted octanol–water partition coefficient (Wildman–Crippen LogP) is 1.88. The van der Waals surface area contributed by atoms with E-state index in [1.54, 1.807) is 27.1 Å². The maximum atomic E-state index is 12.3. The summed E-state index contributed by atoms with van der Waals surface area (Å²) in [5, 5.41) is 15.7. The Kier molecular flexibility index (Phi) is 5.00. The molecule has 0 spiro atoms. The smallest absolute Gasteiger partial charge is 0.308 e. The number of carboxylic acids is 1. The van der Waals surface area contributed by atoms with Crippen LogP contribution in [0.15, 0.2) is 30.3 Å². The number of benzene rings is 1. The van der Waals surface area contributed by atoms with Crippen LogP contribution in [0.5, 0.6) is 5.75 Å². The molecular weight excluding hydrogens is 298 g/mol. The van der Waals surface area contributed by atoms with E-state index in [0.29, 0.717) is 17.1 Å². The van der Waals surface area contributed by atoms with Crippen LogP contribution in [0.4, 0.5) is 0 Å². The predicted molar refractivity (Wildman–Crippen MR) is 84.3 cm³/mol. The molecule has 1 heterocycles. The molecule has 0 saturated heterocycles. The van der Waals surface area contributed by atoms with E-state index in [1.807, 2.05) is 24.3 Å². The third-order valence-corrected chi connectivity index (χ3v) is 3.49. The highest BCUT2D eigenvalue weighted by Crippen LogP contribution is 2.22. The Morgan fingerprint density at radius 1 is 1.39 bits per heavy atom. The van der Waals surface area contributed by atoms with Gasteiger partial charge in [0.25, 0.3) is 5.91 Å². The zero-order valence-corrected chi connectivity index (χ0v) is 13.2. The van der Waals surface area contributed by atoms with Crippen molar-refractivity contribution in [2.24, 2.45) is 5.92 Å². The Hall–Kier alpha value is -2.83. The van der Waals surface area contributed by atoms with Crippen molar-refractivity contribution in [2.75, 3.05) is 20.7 Å². The zero-order chi connectivity index (χ0) is 17.0. The summed E-state index contributed by atoms with van der Waals surface area (Å²) in [7, 11) is 3.14. The van der Waals surface area contributed by atoms with Gasteiger partial charge in [0.05, 0.1) is 18.7 Å². The molecule has 0 bridgehead atoms. The lowest BCUT2D eigenvalue weighted by Gasteiger charge is -2.18. The molecule has 1 unspecified atom stereocenters. The lowest BCUT2D eigenvalue weighted by atomic mass is 10.1. The standard InChI is InChI=1S/C16H19N3O4/c1-10(16(21)22)9-19(2)15(20)14-8-13(17-18-14)11-5-4-6-12(7-11)23-3/h4-8,10H,9H2,1-3H3,(H,17,18)(H,21,22). The number of amides is 1. The third kappa shape index (κ3) is 3.88. The van der Waals surface area contributed by atoms with Crippen LogP contribution in [0.3, 0.4) is 0 Å². The lowest BCUT2D eigenvalue weighted by molar-refractivity contribution is -0.141. The lowest BCUT2D eigenvalue weighted by Crippen LogP contribution is -2.33. The molecule has 23 heavy (non-hydrogen) atoms. The normalized spacial score (nSPS) is 11.8. The first-order chi connectivity index (χ1) is 10.9. The first-order valence-corrected chi connectivity index (χ1v) is 7.10. The van der Waals surface area contributed by atoms with Crippen LogP contribution in [-0.4, -0.2) is 52.8 Å². The molecule has 0 aliphatic rings. The molecule has 122 valence electrons. The molecule has 1 amide bonds. The number of carboxylic acid groups (broad SMARTS) is 1. The molecule has 2 aromatic rings. The number of aromatic amines is 1. The molecule has 2 rings (SSSR count). The van der Waals surface area contributed by atoms with Crippen LogP contribution >= 0.6 is 0 Å². The first kappa shape index (κ1) is 16.5. The number of H-pyrrole nitrogens is 1. The molecule has 1 aromatic carbocycles. The van der Waals surface area contributed by atoms with E-state index in [0.717, 1.165) is 5.56 Å². The highest BCUT2D eigenvalue weighted by atomic mass is 16.5. The van der Waals surface area contributed by atoms with Gasteiger partial charge in [-0.1, -0.05) is 19.1 Å². The molecule has 0 fully saturated rings. The summed E-state index contributed by atoms with van der Waals surface area (Å²) in [5.41, 5.74) is 1.75. The zero-order valence-electron chi connectivity index (χ0n) is 13.2. The van der Waals surface area contributed by atoms with E-state index in [9.17, 15) is 9.59 Å². The van der Waals surface area contributed by atoms with E-state index in [4.69, 9.17) is 9.84 Å². The van der Waals surface area contributed by atoms with Crippen LogP contribution in [0.2, 0.25) is 0 Å². The fourth-order valence-corrected chi connectivity index (χ4v) is 2.14. The van der Waals surface area contributed by atoms with Crippen molar-refractivity contribution in [1.82, 2.24) is 15.1 Å². The maximum Gasteiger partial charge on any atom is 0.308 e. The number of methoxy groups -OCH3 is 1. The highest BCUT2D eigenvalue weighted by Gasteiger charge is 2.20. The Balaban J connectivity index is 2.14. The number of aliphatic carboxylic acids is 1. The van der Waals surface area contributed by atoms with Gasteiger partial charge in [0.15, 0.2) is 0 Å². The molecule has 0 saturated carbocycles. The quantitative estimate of drug-likeness (QED) is 0.848. The van der Waals surface area contributed by atoms with E-state index in [-0.39, 0.29) is 12.5 Å². The minimum absolute atomic E-state index is 0.127. The van der Waals surface area contributed by atoms with Gasteiger partial charge in [-0.15, -0.1) is 0 Å². The number of rotatable bonds is 6. The van der Waals surface area contributed by atoms with Crippen LogP contribution < -0.4 is 4.74 Å². The van der Waals surface area contributed by atoms with Crippen molar-refractivity contribution in [2.45, 2.75) is 6.92 Å². The van der Waals surface area contributed by atoms with Gasteiger partial charge in [0.2, 0.25) is 0 Å². The second-order valence-corrected chi connectivity index (χ2v) is 5.32. The van der Waals surface area contributed by atoms with Crippen LogP contribution in [-0.2, 0) is 4.79 Å². The Bertz CT molecular complexity index is 711. The second-order valence-electron chi connectivity index (χ2n) is 5.32. The molecule has 1 aromatic heterocycles. The SMILES string of the molecule is COc1cccc(-c2cc(C(=O)N(C)CC(C)C(=O)O)[nH]n2)c1. The number of nitrogens with one attached hydrogen (secondary N) is 1. The summed E-state index contributed by atoms with van der Waals surface area (Å²) >= 11 is 0. The van der Waals surface area contributed by atoms with Gasteiger partial charge in [-0.25, -0.2) is 0 Å². The molecule has 0 aliphatic carbocycles. The summed E-state index contributed by atoms with van der Waals surface area (Å²) in [6, 6.07) is 8.98. The molecule has 2 N–H and O–H groups in total. The summed E-state index contributed by atoms with van der Waals surface area (Å²) in [6.07, 6.45) is 0. The van der Waals surface area contributed by atoms with Crippen molar-refractivity contribution in [3.63, 3.8) is 0 Å². The topological polar surface area (TPSA) is 95.5 Å². The molecule has 7 nitrogen and oxygen atoms in total. The largest absolute Gasteiger partial charge is 0.497 e. The Labute approximate surface area is 133 Å². The van der Waals surface area contributed by atoms with Crippen molar-refractivity contribution in [1.29, 1.82) is 0 Å². The first-order valence-electron chi connectivity index (χ1n) is 7.10. The van der Waals surface area contributed by atoms with Crippen LogP contribution in [0.1, 0.15) is 17.4 Å². The summed E-state index contributed by atoms with van der Waals surface area (Å²) < 4.78 is 5.17. The summed E-state index contributed by atoms with van der Waals surface area (Å²) in [5.74, 6) is -1.18. The number of aromatic nitrogens is 2. The number of nitrogens with zero attached hydrogens (tertiary/aromatic N) is 2. The van der Waals surface area contributed by atoms with E-state index in [1.165, 1.54) is 4.90 Å². The Morgan fingerprint density at radius 2 is 2.13 bits per heavy atom. The van der Waals surface area contributed by atoms with Gasteiger partial charge in [-0.05, 0) is 18.2 Å². The summed E-state index contributed by atoms with van der Waals surface area (Å²) in [4.78, 5) is 24.5. The van der Waals surface area contributed by atoms with Crippen LogP contribution in [0.25, 0.3) is 11.3 Å². The van der Waals surface area contributed by atoms with Crippen molar-refractivity contribution < 1.29 is 19.4 Å². The average molecular weight is 317 g/mol. The number of carbonyl (C=O) groups is 2. The molecule has 7 heteroatoms. The van der Waals surface area contributed by atoms with Gasteiger partial charge in [0, 0.05) is 19.2 Å². The van der Waals surface area contributed by atoms with Crippen molar-refractivity contribution in [3.05, 3.63) is 36.0 Å². The molecule has 0 aliphatic heterocycles. The third-order valence-electron chi connectivity index (χ3n) is 3.49. The Morgan fingerprint density at radius 3 is 2.78 bits per heavy atom. The fourth-order valence-electron chi connectivity index (χ4n) is 2.14. The van der Waals surface area contributed by atoms with Gasteiger partial charge in [-0.3, -0.25) is 14.7 Å². The highest BCUT2D eigenvalue weighted by molar-refractivity contribution is 5.93. The van der Waals surface area contributed by atoms with Crippen molar-refractivity contribution >= 4 is 11.9 Å². The molecule has 1 atom stereocenters. The number of carbonyl (C=O) groups excluding carboxylic acids is 1. The minimum atomic E-state index is -0.939. The van der Waals surface area contributed by atoms with Crippen molar-refractivity contribution in [3.8, 4) is 17.0 Å². The van der Waals surface area contributed by atoms with Gasteiger partial charge < -0.3 is 14.7 Å². The number of hydrogen-bond acceptors (Lipinski definition) is 4.